The van der Waals surface area contributed by atoms with Crippen LogP contribution in [0, 0.1) is 112 Å². The Labute approximate surface area is 864 Å². The molecular formula is C98H138N6O20P4Y3-6. The topological polar surface area (TPSA) is 286 Å². The summed E-state index contributed by atoms with van der Waals surface area (Å²) < 4.78 is 132. The van der Waals surface area contributed by atoms with Gasteiger partial charge in [-0.15, -0.1) is 0 Å². The average Bonchev–Trinajstić information content (AvgIpc) is 1.57. The Balaban J connectivity index is 0.000000646. The fourth-order valence-corrected chi connectivity index (χ4v) is 22.1. The van der Waals surface area contributed by atoms with E-state index in [2.05, 4.69) is 136 Å². The van der Waals surface area contributed by atoms with Crippen LogP contribution < -0.4 is 18.9 Å². The standard InChI is InChI=1S/C48H66N3O10P2.C47H63N3O10P2.3CH3.3Y/c1-11-43-36(7)47(44(59-43)31-54-48(38-17-13-12-14-18-38,39-19-23-41(52-9)24-20-39)40-21-25-42(53-10)26-22-40)61-63(56-30-16-28-50)57-32-45-46(35(6)37(8)58-45)60-62(55-29-15-27-49)51(33(2)3)34(4)5;1-32(2)50(33(3)4)61(54-28-14-26-48)59-45-34(5)36(7)58-44(45)31-56-62(55-29-15-27-49)60-46-35(6)37(8)57-43(46)30-53-47(38-16-12-11-13-17-38,39-18-22-41(51-9)23-19-39)40-20-24-42(52-10)25-21-40;;;;;;/h12-14,17-26,33-37,43-47H,8,11,15-16,29-32H2,1-7,9-10H3;11-13,16-25,32-37,43-46H,7-8,14-15,28-31H2,1-6,9-10H3;3*1H3;;;/q-1;-2;3*-1;;;/t35-,36-,37+,43+,44-,45-,46-,47-,62?,63?;34-,35-,36+,37+,43-,44-,45?,46-,61?,62?;;;;;;/m11....../s1. The van der Waals surface area contributed by atoms with E-state index in [-0.39, 0.29) is 265 Å². The van der Waals surface area contributed by atoms with E-state index in [0.29, 0.717) is 0 Å². The minimum Gasteiger partial charge on any atom is -0.497 e. The molecule has 715 valence electrons. The largest absolute Gasteiger partial charge is 0.497 e. The molecule has 5 unspecified atom stereocenters. The van der Waals surface area contributed by atoms with E-state index in [1.165, 1.54) is 0 Å². The maximum absolute atomic E-state index is 9.45. The molecule has 10 rings (SSSR count). The molecule has 131 heavy (non-hydrogen) atoms. The van der Waals surface area contributed by atoms with E-state index in [0.717, 1.165) is 62.8 Å². The van der Waals surface area contributed by atoms with Gasteiger partial charge in [0.1, 0.15) is 64.7 Å². The molecule has 6 aromatic rings. The molecule has 3 radical (unpaired) electrons. The van der Waals surface area contributed by atoms with Crippen LogP contribution in [-0.4, -0.2) is 188 Å². The zero-order chi connectivity index (χ0) is 90.3. The summed E-state index contributed by atoms with van der Waals surface area (Å²) in [6.07, 6.45) is -3.84. The molecule has 0 aromatic heterocycles. The Hall–Kier alpha value is -3.21. The first-order valence-corrected chi connectivity index (χ1v) is 47.5. The number of hydrogen-bond acceptors (Lipinski definition) is 26. The minimum absolute atomic E-state index is 0. The second-order valence-electron chi connectivity index (χ2n) is 32.2. The van der Waals surface area contributed by atoms with Gasteiger partial charge in [-0.25, -0.2) is 9.34 Å². The number of benzene rings is 6. The van der Waals surface area contributed by atoms with E-state index >= 15 is 0 Å². The van der Waals surface area contributed by atoms with Gasteiger partial charge in [-0.05, 0) is 161 Å². The molecule has 4 heterocycles. The Kier molecular flexibility index (Phi) is 57.8. The van der Waals surface area contributed by atoms with Crippen LogP contribution in [0.25, 0.3) is 0 Å². The summed E-state index contributed by atoms with van der Waals surface area (Å²) in [5, 5.41) is 37.4. The summed E-state index contributed by atoms with van der Waals surface area (Å²) in [6.45, 7) is 41.0. The Morgan fingerprint density at radius 1 is 0.344 bits per heavy atom. The molecule has 0 saturated carbocycles. The fraction of sp³-hybridized carbons (Fsp3) is 0.531. The van der Waals surface area contributed by atoms with Crippen LogP contribution in [0.15, 0.2) is 158 Å². The molecule has 0 N–H and O–H groups in total. The number of nitriles is 4. The smallest absolute Gasteiger partial charge is 0.333 e. The predicted octanol–water partition coefficient (Wildman–Crippen LogP) is 21.3. The van der Waals surface area contributed by atoms with E-state index in [1.54, 1.807) is 28.4 Å². The first-order chi connectivity index (χ1) is 60.3. The van der Waals surface area contributed by atoms with Crippen LogP contribution in [0.4, 0.5) is 0 Å². The third-order valence-electron chi connectivity index (χ3n) is 22.6. The Bertz CT molecular complexity index is 4200. The van der Waals surface area contributed by atoms with Crippen LogP contribution >= 0.6 is 34.3 Å². The van der Waals surface area contributed by atoms with Gasteiger partial charge in [0.15, 0.2) is 0 Å². The van der Waals surface area contributed by atoms with Gasteiger partial charge < -0.3 is 136 Å². The van der Waals surface area contributed by atoms with E-state index in [4.69, 9.17) is 92.6 Å². The molecule has 4 saturated heterocycles. The van der Waals surface area contributed by atoms with E-state index in [1.807, 2.05) is 166 Å². The summed E-state index contributed by atoms with van der Waals surface area (Å²) in [6, 6.07) is 60.8. The van der Waals surface area contributed by atoms with Gasteiger partial charge in [-0.3, -0.25) is 0 Å². The Morgan fingerprint density at radius 3 is 0.863 bits per heavy atom. The molecular weight excluding hydrogens is 1970 g/mol. The molecule has 0 bridgehead atoms. The number of methoxy groups -OCH3 is 4. The van der Waals surface area contributed by atoms with Crippen molar-refractivity contribution in [3.05, 3.63) is 234 Å². The van der Waals surface area contributed by atoms with Crippen molar-refractivity contribution >= 4 is 34.3 Å². The van der Waals surface area contributed by atoms with Gasteiger partial charge in [0.25, 0.3) is 17.1 Å². The van der Waals surface area contributed by atoms with E-state index < -0.39 is 100 Å². The minimum atomic E-state index is -2.04. The summed E-state index contributed by atoms with van der Waals surface area (Å²) in [4.78, 5) is 0. The molecule has 20 atom stereocenters. The third kappa shape index (κ3) is 33.0. The van der Waals surface area contributed by atoms with Crippen molar-refractivity contribution in [2.75, 3.05) is 81.3 Å². The molecule has 0 aliphatic carbocycles. The van der Waals surface area contributed by atoms with Gasteiger partial charge in [-0.1, -0.05) is 162 Å². The summed E-state index contributed by atoms with van der Waals surface area (Å²) in [5.41, 5.74) is 3.24. The molecule has 6 aromatic carbocycles. The van der Waals surface area contributed by atoms with Gasteiger partial charge in [0.05, 0.1) is 156 Å². The van der Waals surface area contributed by atoms with Crippen molar-refractivity contribution in [2.45, 2.75) is 231 Å². The van der Waals surface area contributed by atoms with Crippen molar-refractivity contribution in [1.29, 1.82) is 21.0 Å². The van der Waals surface area contributed by atoms with Crippen LogP contribution in [0.1, 0.15) is 155 Å². The molecule has 4 aliphatic rings. The number of hydrogen-bond donors (Lipinski definition) is 0. The summed E-state index contributed by atoms with van der Waals surface area (Å²) in [7, 11) is -0.585. The van der Waals surface area contributed by atoms with Crippen molar-refractivity contribution in [2.24, 2.45) is 23.7 Å². The van der Waals surface area contributed by atoms with Crippen LogP contribution in [0.5, 0.6) is 23.0 Å². The van der Waals surface area contributed by atoms with Gasteiger partial charge >= 0.3 is 17.2 Å². The van der Waals surface area contributed by atoms with Crippen molar-refractivity contribution in [3.8, 4) is 47.3 Å². The average molecular weight is 2110 g/mol. The normalized spacial score (nSPS) is 23.6. The monoisotopic (exact) mass is 2110 g/mol. The van der Waals surface area contributed by atoms with Crippen molar-refractivity contribution in [3.63, 3.8) is 0 Å². The fourth-order valence-electron chi connectivity index (χ4n) is 15.9. The molecule has 33 heteroatoms. The Morgan fingerprint density at radius 2 is 0.595 bits per heavy atom. The summed E-state index contributed by atoms with van der Waals surface area (Å²) in [5.74, 6) is 2.47. The number of ether oxygens (including phenoxy) is 10. The predicted molar refractivity (Wildman–Crippen MR) is 501 cm³/mol. The molecule has 4 aliphatic heterocycles. The summed E-state index contributed by atoms with van der Waals surface area (Å²) >= 11 is 0. The molecule has 4 fully saturated rings. The molecule has 0 amide bonds. The maximum atomic E-state index is 9.45. The SMILES string of the molecule is [CH2-][C@@H]1O[C@H](COC(c2ccccc2)(c2ccc(OC)cc2)c2ccc(OC)cc2)[C@H](OP(OCCC#N)OC[C@H]2O[C@@H]([CH2-])[C@@H](C)C2OP(OCCC#N)N(C(C)C)C(C)C)[C@@H]1C.[CH2-][C@@H]1O[C@H](COP(OCCC#N)O[C@@H]2[C@H](C)[C@H](CC)O[C@@H]2COC(c2ccccc2)(c2ccc(OC)cc2)c2ccc(OC)cc2)[C@H](OP(OCCC#N)N(C(C)C)C(C)C)[C@@H]1C.[CH3-].[CH3-].[CH3-].[Y].[Y].[Y]. The zero-order valence-electron chi connectivity index (χ0n) is 80.2. The maximum Gasteiger partial charge on any atom is 0.333 e. The molecule has 26 nitrogen and oxygen atoms in total. The number of rotatable bonds is 49. The van der Waals surface area contributed by atoms with Gasteiger partial charge in [0, 0.05) is 128 Å². The van der Waals surface area contributed by atoms with Crippen LogP contribution in [0.2, 0.25) is 0 Å². The first-order valence-electron chi connectivity index (χ1n) is 43.1. The van der Waals surface area contributed by atoms with Crippen LogP contribution in [-0.2, 0) is 183 Å². The number of nitrogens with zero attached hydrogens (tertiary/aromatic N) is 6. The van der Waals surface area contributed by atoms with Crippen molar-refractivity contribution in [1.82, 2.24) is 9.34 Å². The van der Waals surface area contributed by atoms with Gasteiger partial charge in [-0.2, -0.15) is 21.0 Å². The third-order valence-corrected chi connectivity index (χ3v) is 29.2. The molecule has 0 spiro atoms. The second kappa shape index (κ2) is 62.1. The van der Waals surface area contributed by atoms with Gasteiger partial charge in [0.2, 0.25) is 0 Å². The van der Waals surface area contributed by atoms with E-state index in [9.17, 15) is 21.0 Å². The quantitative estimate of drug-likeness (QED) is 0.0148. The zero-order valence-corrected chi connectivity index (χ0v) is 92.3. The van der Waals surface area contributed by atoms with Crippen LogP contribution in [0.3, 0.4) is 0 Å². The van der Waals surface area contributed by atoms with Crippen molar-refractivity contribution < 1.29 is 191 Å². The first kappa shape index (κ1) is 122. The second-order valence-corrected chi connectivity index (χ2v) is 37.4.